The zero-order valence-electron chi connectivity index (χ0n) is 13.8. The molecule has 1 aromatic rings. The fourth-order valence-electron chi connectivity index (χ4n) is 1.56. The van der Waals surface area contributed by atoms with Crippen LogP contribution in [0.3, 0.4) is 0 Å². The van der Waals surface area contributed by atoms with Gasteiger partial charge in [-0.3, -0.25) is 4.79 Å². The number of hydrogen-bond acceptors (Lipinski definition) is 2. The van der Waals surface area contributed by atoms with Crippen molar-refractivity contribution in [3.63, 3.8) is 0 Å². The van der Waals surface area contributed by atoms with Crippen LogP contribution in [-0.4, -0.2) is 43.4 Å². The minimum Gasteiger partial charge on any atom is -0.354 e. The van der Waals surface area contributed by atoms with E-state index in [1.807, 2.05) is 30.3 Å². The molecule has 0 saturated carbocycles. The van der Waals surface area contributed by atoms with Gasteiger partial charge in [-0.2, -0.15) is 0 Å². The van der Waals surface area contributed by atoms with Gasteiger partial charge in [-0.15, -0.1) is 24.0 Å². The highest BCUT2D eigenvalue weighted by Crippen LogP contribution is 2.00. The molecule has 22 heavy (non-hydrogen) atoms. The van der Waals surface area contributed by atoms with Crippen LogP contribution in [0.5, 0.6) is 0 Å². The molecule has 1 unspecified atom stereocenters. The van der Waals surface area contributed by atoms with Gasteiger partial charge in [0, 0.05) is 20.1 Å². The fourth-order valence-corrected chi connectivity index (χ4v) is 1.56. The van der Waals surface area contributed by atoms with Crippen LogP contribution in [0.2, 0.25) is 0 Å². The average Bonchev–Trinajstić information content (AvgIpc) is 2.50. The van der Waals surface area contributed by atoms with Gasteiger partial charge in [-0.05, 0) is 18.9 Å². The van der Waals surface area contributed by atoms with Crippen molar-refractivity contribution in [2.75, 3.05) is 20.6 Å². The van der Waals surface area contributed by atoms with Gasteiger partial charge in [0.2, 0.25) is 5.91 Å². The van der Waals surface area contributed by atoms with Crippen LogP contribution in [0, 0.1) is 0 Å². The van der Waals surface area contributed by atoms with Crippen LogP contribution in [0.25, 0.3) is 0 Å². The zero-order valence-corrected chi connectivity index (χ0v) is 16.1. The maximum atomic E-state index is 11.7. The highest BCUT2D eigenvalue weighted by Gasteiger charge is 2.07. The van der Waals surface area contributed by atoms with Gasteiger partial charge in [0.1, 0.15) is 0 Å². The van der Waals surface area contributed by atoms with Crippen molar-refractivity contribution in [1.82, 2.24) is 15.5 Å². The van der Waals surface area contributed by atoms with Gasteiger partial charge < -0.3 is 15.5 Å². The third kappa shape index (κ3) is 8.21. The molecular formula is C16H27IN4O. The van der Waals surface area contributed by atoms with E-state index in [-0.39, 0.29) is 36.4 Å². The van der Waals surface area contributed by atoms with Crippen molar-refractivity contribution >= 4 is 35.8 Å². The normalized spacial score (nSPS) is 12.1. The van der Waals surface area contributed by atoms with E-state index in [9.17, 15) is 4.79 Å². The van der Waals surface area contributed by atoms with Crippen LogP contribution in [0.1, 0.15) is 25.8 Å². The molecular weight excluding hydrogens is 391 g/mol. The lowest BCUT2D eigenvalue weighted by atomic mass is 10.2. The number of nitrogens with zero attached hydrogens (tertiary/aromatic N) is 2. The van der Waals surface area contributed by atoms with Crippen molar-refractivity contribution in [3.05, 3.63) is 35.9 Å². The molecule has 1 rings (SSSR count). The van der Waals surface area contributed by atoms with Crippen LogP contribution in [0.4, 0.5) is 0 Å². The second-order valence-electron chi connectivity index (χ2n) is 5.25. The number of aliphatic imine (C=N–C) groups is 1. The van der Waals surface area contributed by atoms with Gasteiger partial charge in [-0.1, -0.05) is 37.3 Å². The number of nitrogens with one attached hydrogen (secondary N) is 2. The van der Waals surface area contributed by atoms with E-state index >= 15 is 0 Å². The maximum absolute atomic E-state index is 11.7. The molecule has 1 aromatic carbocycles. The Balaban J connectivity index is 0.00000441. The molecule has 124 valence electrons. The standard InChI is InChI=1S/C16H26N4O.HI/c1-5-13(2)19-16(18-12-15(21)20(3)4)17-11-14-9-7-6-8-10-14;/h6-10,13H,5,11-12H2,1-4H3,(H2,17,18,19);1H. The van der Waals surface area contributed by atoms with Gasteiger partial charge in [-0.25, -0.2) is 4.99 Å². The van der Waals surface area contributed by atoms with Crippen molar-refractivity contribution in [2.24, 2.45) is 4.99 Å². The van der Waals surface area contributed by atoms with Gasteiger partial charge >= 0.3 is 0 Å². The van der Waals surface area contributed by atoms with E-state index < -0.39 is 0 Å². The Bertz CT molecular complexity index is 462. The Morgan fingerprint density at radius 1 is 1.27 bits per heavy atom. The molecule has 0 fully saturated rings. The highest BCUT2D eigenvalue weighted by molar-refractivity contribution is 14.0. The lowest BCUT2D eigenvalue weighted by Crippen LogP contribution is -2.45. The summed E-state index contributed by atoms with van der Waals surface area (Å²) in [5, 5.41) is 6.38. The number of likely N-dealkylation sites (N-methyl/N-ethyl adjacent to an activating group) is 1. The van der Waals surface area contributed by atoms with Crippen LogP contribution < -0.4 is 10.6 Å². The molecule has 0 radical (unpaired) electrons. The lowest BCUT2D eigenvalue weighted by Gasteiger charge is -2.18. The molecule has 0 aliphatic heterocycles. The molecule has 0 spiro atoms. The summed E-state index contributed by atoms with van der Waals surface area (Å²) < 4.78 is 0. The summed E-state index contributed by atoms with van der Waals surface area (Å²) in [6, 6.07) is 10.4. The van der Waals surface area contributed by atoms with Crippen LogP contribution >= 0.6 is 24.0 Å². The summed E-state index contributed by atoms with van der Waals surface area (Å²) in [4.78, 5) is 17.8. The predicted molar refractivity (Wildman–Crippen MR) is 103 cm³/mol. The summed E-state index contributed by atoms with van der Waals surface area (Å²) in [7, 11) is 3.49. The molecule has 1 atom stereocenters. The number of rotatable bonds is 6. The largest absolute Gasteiger partial charge is 0.354 e. The number of benzene rings is 1. The van der Waals surface area contributed by atoms with Crippen molar-refractivity contribution in [3.8, 4) is 0 Å². The first-order valence-corrected chi connectivity index (χ1v) is 7.31. The second-order valence-corrected chi connectivity index (χ2v) is 5.25. The Morgan fingerprint density at radius 3 is 2.45 bits per heavy atom. The molecule has 0 bridgehead atoms. The van der Waals surface area contributed by atoms with E-state index in [2.05, 4.69) is 29.5 Å². The van der Waals surface area contributed by atoms with E-state index in [1.54, 1.807) is 19.0 Å². The van der Waals surface area contributed by atoms with Gasteiger partial charge in [0.25, 0.3) is 0 Å². The van der Waals surface area contributed by atoms with Gasteiger partial charge in [0.15, 0.2) is 5.96 Å². The summed E-state index contributed by atoms with van der Waals surface area (Å²) in [5.41, 5.74) is 1.14. The molecule has 6 heteroatoms. The number of halogens is 1. The monoisotopic (exact) mass is 418 g/mol. The Hall–Kier alpha value is -1.31. The van der Waals surface area contributed by atoms with Crippen molar-refractivity contribution in [1.29, 1.82) is 0 Å². The average molecular weight is 418 g/mol. The van der Waals surface area contributed by atoms with E-state index in [0.29, 0.717) is 18.5 Å². The first-order chi connectivity index (χ1) is 10.0. The quantitative estimate of drug-likeness (QED) is 0.423. The summed E-state index contributed by atoms with van der Waals surface area (Å²) >= 11 is 0. The number of hydrogen-bond donors (Lipinski definition) is 2. The minimum atomic E-state index is 0. The summed E-state index contributed by atoms with van der Waals surface area (Å²) in [6.45, 7) is 5.03. The maximum Gasteiger partial charge on any atom is 0.241 e. The third-order valence-electron chi connectivity index (χ3n) is 3.16. The topological polar surface area (TPSA) is 56.7 Å². The molecule has 0 saturated heterocycles. The zero-order chi connectivity index (χ0) is 15.7. The molecule has 0 heterocycles. The Morgan fingerprint density at radius 2 is 1.91 bits per heavy atom. The number of guanidine groups is 1. The molecule has 2 N–H and O–H groups in total. The minimum absolute atomic E-state index is 0. The van der Waals surface area contributed by atoms with E-state index in [1.165, 1.54) is 0 Å². The number of carbonyl (C=O) groups is 1. The molecule has 0 aromatic heterocycles. The lowest BCUT2D eigenvalue weighted by molar-refractivity contribution is -0.127. The number of carbonyl (C=O) groups excluding carboxylic acids is 1. The van der Waals surface area contributed by atoms with Crippen LogP contribution in [0.15, 0.2) is 35.3 Å². The fraction of sp³-hybridized carbons (Fsp3) is 0.500. The van der Waals surface area contributed by atoms with Crippen LogP contribution in [-0.2, 0) is 11.3 Å². The Kier molecular flexibility index (Phi) is 10.6. The molecule has 0 aliphatic rings. The summed E-state index contributed by atoms with van der Waals surface area (Å²) in [6.07, 6.45) is 0.994. The number of amides is 1. The third-order valence-corrected chi connectivity index (χ3v) is 3.16. The van der Waals surface area contributed by atoms with Gasteiger partial charge in [0.05, 0.1) is 13.1 Å². The SMILES string of the molecule is CCC(C)NC(=NCc1ccccc1)NCC(=O)N(C)C.I. The molecule has 0 aliphatic carbocycles. The smallest absolute Gasteiger partial charge is 0.241 e. The van der Waals surface area contributed by atoms with Crippen molar-refractivity contribution < 1.29 is 4.79 Å². The first kappa shape index (κ1) is 20.7. The highest BCUT2D eigenvalue weighted by atomic mass is 127. The Labute approximate surface area is 150 Å². The predicted octanol–water partition coefficient (Wildman–Crippen LogP) is 2.23. The second kappa shape index (κ2) is 11.3. The van der Waals surface area contributed by atoms with Crippen molar-refractivity contribution in [2.45, 2.75) is 32.9 Å². The molecule has 1 amide bonds. The first-order valence-electron chi connectivity index (χ1n) is 7.31. The summed E-state index contributed by atoms with van der Waals surface area (Å²) in [5.74, 6) is 0.691. The van der Waals surface area contributed by atoms with E-state index in [4.69, 9.17) is 0 Å². The molecule has 5 nitrogen and oxygen atoms in total. The van der Waals surface area contributed by atoms with E-state index in [0.717, 1.165) is 12.0 Å².